The lowest BCUT2D eigenvalue weighted by molar-refractivity contribution is 0.0943. The second-order valence-corrected chi connectivity index (χ2v) is 4.94. The van der Waals surface area contributed by atoms with Crippen LogP contribution in [0.1, 0.15) is 29.3 Å². The van der Waals surface area contributed by atoms with Crippen LogP contribution in [0.5, 0.6) is 0 Å². The number of aromatic nitrogens is 1. The normalized spacial score (nSPS) is 11.3. The number of nitrogens with zero attached hydrogens (tertiary/aromatic N) is 1. The van der Waals surface area contributed by atoms with Crippen molar-refractivity contribution in [3.8, 4) is 11.8 Å². The van der Waals surface area contributed by atoms with Gasteiger partial charge in [0.15, 0.2) is 0 Å². The number of pyridine rings is 1. The highest BCUT2D eigenvalue weighted by Gasteiger charge is 2.12. The summed E-state index contributed by atoms with van der Waals surface area (Å²) in [6, 6.07) is 1.76. The van der Waals surface area contributed by atoms with Gasteiger partial charge < -0.3 is 10.4 Å². The van der Waals surface area contributed by atoms with Crippen molar-refractivity contribution in [3.05, 3.63) is 29.6 Å². The average Bonchev–Trinajstić information content (AvgIpc) is 2.39. The van der Waals surface area contributed by atoms with Gasteiger partial charge in [0.05, 0.1) is 17.7 Å². The number of hydrogen-bond donors (Lipinski definition) is 2. The Morgan fingerprint density at radius 2 is 2.42 bits per heavy atom. The van der Waals surface area contributed by atoms with E-state index in [9.17, 15) is 4.79 Å². The van der Waals surface area contributed by atoms with Crippen molar-refractivity contribution in [1.82, 2.24) is 10.3 Å². The third kappa shape index (κ3) is 5.33. The molecule has 0 fully saturated rings. The zero-order chi connectivity index (χ0) is 14.1. The van der Waals surface area contributed by atoms with Crippen LogP contribution < -0.4 is 5.32 Å². The number of hydrogen-bond acceptors (Lipinski definition) is 4. The zero-order valence-corrected chi connectivity index (χ0v) is 12.0. The maximum absolute atomic E-state index is 12.1. The predicted octanol–water partition coefficient (Wildman–Crippen LogP) is 1.30. The number of carbonyl (C=O) groups is 1. The third-order valence-corrected chi connectivity index (χ3v) is 3.15. The van der Waals surface area contributed by atoms with Crippen LogP contribution in [0.15, 0.2) is 18.5 Å². The van der Waals surface area contributed by atoms with Crippen molar-refractivity contribution in [2.75, 3.05) is 18.6 Å². The summed E-state index contributed by atoms with van der Waals surface area (Å²) < 4.78 is 0. The molecule has 1 aromatic rings. The second-order valence-electron chi connectivity index (χ2n) is 4.03. The van der Waals surface area contributed by atoms with E-state index in [1.165, 1.54) is 0 Å². The van der Waals surface area contributed by atoms with Crippen LogP contribution in [-0.4, -0.2) is 40.7 Å². The Labute approximate surface area is 118 Å². The van der Waals surface area contributed by atoms with E-state index in [0.29, 0.717) is 17.5 Å². The molecule has 0 aliphatic carbocycles. The van der Waals surface area contributed by atoms with E-state index in [1.54, 1.807) is 30.2 Å². The maximum Gasteiger partial charge on any atom is 0.252 e. The number of nitrogens with one attached hydrogen (secondary N) is 1. The van der Waals surface area contributed by atoms with Crippen molar-refractivity contribution >= 4 is 17.7 Å². The molecule has 0 spiro atoms. The van der Waals surface area contributed by atoms with Crippen LogP contribution in [0, 0.1) is 11.8 Å². The summed E-state index contributed by atoms with van der Waals surface area (Å²) in [5.74, 6) is 6.38. The minimum atomic E-state index is -0.141. The van der Waals surface area contributed by atoms with Gasteiger partial charge in [-0.3, -0.25) is 9.78 Å². The molecule has 0 aliphatic rings. The molecule has 0 aromatic carbocycles. The molecule has 0 bridgehead atoms. The summed E-state index contributed by atoms with van der Waals surface area (Å²) in [4.78, 5) is 16.1. The Bertz CT molecular complexity index is 480. The fourth-order valence-corrected chi connectivity index (χ4v) is 2.08. The van der Waals surface area contributed by atoms with Gasteiger partial charge in [0.2, 0.25) is 0 Å². The second kappa shape index (κ2) is 8.57. The lowest BCUT2D eigenvalue weighted by Gasteiger charge is -2.13. The molecule has 2 N–H and O–H groups in total. The number of amides is 1. The molecule has 1 atom stereocenters. The topological polar surface area (TPSA) is 62.2 Å². The van der Waals surface area contributed by atoms with E-state index < -0.39 is 0 Å². The number of carbonyl (C=O) groups excluding carboxylic acids is 1. The molecule has 0 aliphatic heterocycles. The van der Waals surface area contributed by atoms with Crippen LogP contribution in [-0.2, 0) is 0 Å². The van der Waals surface area contributed by atoms with Gasteiger partial charge in [-0.25, -0.2) is 0 Å². The van der Waals surface area contributed by atoms with Crippen molar-refractivity contribution in [2.45, 2.75) is 19.4 Å². The van der Waals surface area contributed by atoms with E-state index in [4.69, 9.17) is 5.11 Å². The quantitative estimate of drug-likeness (QED) is 0.797. The first kappa shape index (κ1) is 15.5. The molecule has 1 rings (SSSR count). The molecule has 1 amide bonds. The minimum Gasteiger partial charge on any atom is -0.395 e. The van der Waals surface area contributed by atoms with Gasteiger partial charge in [0.1, 0.15) is 0 Å². The van der Waals surface area contributed by atoms with Crippen LogP contribution in [0.4, 0.5) is 0 Å². The minimum absolute atomic E-state index is 0.0134. The van der Waals surface area contributed by atoms with Crippen molar-refractivity contribution in [2.24, 2.45) is 0 Å². The molecule has 102 valence electrons. The van der Waals surface area contributed by atoms with Crippen LogP contribution in [0.2, 0.25) is 0 Å². The molecular weight excluding hydrogens is 260 g/mol. The number of thioether (sulfide) groups is 1. The van der Waals surface area contributed by atoms with Crippen molar-refractivity contribution < 1.29 is 9.90 Å². The fraction of sp³-hybridized carbons (Fsp3) is 0.429. The predicted molar refractivity (Wildman–Crippen MR) is 78.1 cm³/mol. The summed E-state index contributed by atoms with van der Waals surface area (Å²) >= 11 is 1.69. The van der Waals surface area contributed by atoms with Gasteiger partial charge in [-0.1, -0.05) is 11.8 Å². The molecular formula is C14H18N2O2S. The Hall–Kier alpha value is -1.51. The lowest BCUT2D eigenvalue weighted by atomic mass is 10.1. The summed E-state index contributed by atoms with van der Waals surface area (Å²) in [5, 5.41) is 11.6. The van der Waals surface area contributed by atoms with E-state index in [2.05, 4.69) is 22.1 Å². The highest BCUT2D eigenvalue weighted by Crippen LogP contribution is 2.06. The zero-order valence-electron chi connectivity index (χ0n) is 11.1. The lowest BCUT2D eigenvalue weighted by Crippen LogP contribution is -2.34. The molecule has 1 unspecified atom stereocenters. The van der Waals surface area contributed by atoms with Gasteiger partial charge in [-0.05, 0) is 19.2 Å². The van der Waals surface area contributed by atoms with Gasteiger partial charge in [-0.2, -0.15) is 11.8 Å². The molecule has 0 radical (unpaired) electrons. The first-order valence-corrected chi connectivity index (χ1v) is 7.42. The first-order chi connectivity index (χ1) is 9.19. The number of aliphatic hydroxyl groups excluding tert-OH is 1. The molecule has 4 nitrogen and oxygen atoms in total. The highest BCUT2D eigenvalue weighted by atomic mass is 32.2. The monoisotopic (exact) mass is 278 g/mol. The van der Waals surface area contributed by atoms with Crippen LogP contribution >= 0.6 is 11.8 Å². The first-order valence-electron chi connectivity index (χ1n) is 6.02. The Morgan fingerprint density at radius 3 is 3.11 bits per heavy atom. The van der Waals surface area contributed by atoms with Crippen molar-refractivity contribution in [1.29, 1.82) is 0 Å². The number of rotatable bonds is 5. The molecule has 1 heterocycles. The summed E-state index contributed by atoms with van der Waals surface area (Å²) in [6.45, 7) is 1.98. The summed E-state index contributed by atoms with van der Waals surface area (Å²) in [6.07, 6.45) is 5.53. The van der Waals surface area contributed by atoms with Crippen LogP contribution in [0.3, 0.4) is 0 Å². The Kier molecular flexibility index (Phi) is 7.01. The van der Waals surface area contributed by atoms with Gasteiger partial charge >= 0.3 is 0 Å². The highest BCUT2D eigenvalue weighted by molar-refractivity contribution is 7.98. The molecule has 1 aromatic heterocycles. The maximum atomic E-state index is 12.1. The van der Waals surface area contributed by atoms with E-state index >= 15 is 0 Å². The van der Waals surface area contributed by atoms with E-state index in [0.717, 1.165) is 5.75 Å². The van der Waals surface area contributed by atoms with E-state index in [1.807, 2.05) is 13.2 Å². The van der Waals surface area contributed by atoms with E-state index in [-0.39, 0.29) is 18.6 Å². The Balaban J connectivity index is 2.82. The van der Waals surface area contributed by atoms with Crippen LogP contribution in [0.25, 0.3) is 0 Å². The SMILES string of the molecule is CSCC(C)NC(=O)c1ccncc1C#CCCO. The molecule has 5 heteroatoms. The third-order valence-electron chi connectivity index (χ3n) is 2.32. The molecule has 0 saturated carbocycles. The number of aliphatic hydroxyl groups is 1. The summed E-state index contributed by atoms with van der Waals surface area (Å²) in [7, 11) is 0. The summed E-state index contributed by atoms with van der Waals surface area (Å²) in [5.41, 5.74) is 1.11. The van der Waals surface area contributed by atoms with Gasteiger partial charge in [0.25, 0.3) is 5.91 Å². The molecule has 0 saturated heterocycles. The Morgan fingerprint density at radius 1 is 1.63 bits per heavy atom. The smallest absolute Gasteiger partial charge is 0.252 e. The fourth-order valence-electron chi connectivity index (χ4n) is 1.50. The van der Waals surface area contributed by atoms with Gasteiger partial charge in [0, 0.05) is 30.6 Å². The van der Waals surface area contributed by atoms with Crippen molar-refractivity contribution in [3.63, 3.8) is 0 Å². The average molecular weight is 278 g/mol. The standard InChI is InChI=1S/C14H18N2O2S/c1-11(10-19-2)16-14(18)13-6-7-15-9-12(13)5-3-4-8-17/h6-7,9,11,17H,4,8,10H2,1-2H3,(H,16,18). The van der Waals surface area contributed by atoms with Gasteiger partial charge in [-0.15, -0.1) is 0 Å². The largest absolute Gasteiger partial charge is 0.395 e. The molecule has 19 heavy (non-hydrogen) atoms.